The van der Waals surface area contributed by atoms with Crippen LogP contribution in [-0.4, -0.2) is 5.97 Å². The Morgan fingerprint density at radius 1 is 1.17 bits per heavy atom. The highest BCUT2D eigenvalue weighted by atomic mass is 35.5. The van der Waals surface area contributed by atoms with Crippen LogP contribution in [0.1, 0.15) is 41.4 Å². The number of benzene rings is 2. The number of fused-ring (bicyclic) bond motifs is 1. The zero-order valence-corrected chi connectivity index (χ0v) is 14.6. The van der Waals surface area contributed by atoms with Crippen LogP contribution in [0, 0.1) is 0 Å². The molecule has 0 radical (unpaired) electrons. The van der Waals surface area contributed by atoms with Crippen LogP contribution >= 0.6 is 22.9 Å². The van der Waals surface area contributed by atoms with Crippen molar-refractivity contribution >= 4 is 39.0 Å². The van der Waals surface area contributed by atoms with Crippen molar-refractivity contribution < 1.29 is 9.53 Å². The van der Waals surface area contributed by atoms with Crippen LogP contribution in [0.5, 0.6) is 5.75 Å². The second-order valence-corrected chi connectivity index (χ2v) is 6.91. The number of carbonyl (C=O) groups excluding carboxylic acids is 1. The minimum absolute atomic E-state index is 0.330. The molecular weight excluding hydrogens is 328 g/mol. The maximum Gasteiger partial charge on any atom is 0.355 e. The fourth-order valence-electron chi connectivity index (χ4n) is 2.49. The summed E-state index contributed by atoms with van der Waals surface area (Å²) in [4.78, 5) is 13.0. The highest BCUT2D eigenvalue weighted by Gasteiger charge is 2.20. The van der Waals surface area contributed by atoms with Gasteiger partial charge in [0.05, 0.1) is 5.02 Å². The standard InChI is InChI=1S/C19H17ClO2S/c1-3-12(2)13-8-4-6-10-15(13)22-19(21)18-17(20)14-9-5-7-11-16(14)23-18/h4-12H,3H2,1-2H3. The summed E-state index contributed by atoms with van der Waals surface area (Å²) in [5.74, 6) is 0.546. The van der Waals surface area contributed by atoms with Gasteiger partial charge < -0.3 is 4.74 Å². The van der Waals surface area contributed by atoms with Gasteiger partial charge in [0.2, 0.25) is 0 Å². The van der Waals surface area contributed by atoms with E-state index in [1.54, 1.807) is 0 Å². The Morgan fingerprint density at radius 3 is 2.61 bits per heavy atom. The largest absolute Gasteiger partial charge is 0.422 e. The molecule has 0 fully saturated rings. The van der Waals surface area contributed by atoms with E-state index in [0.29, 0.717) is 21.6 Å². The Morgan fingerprint density at radius 2 is 1.87 bits per heavy atom. The van der Waals surface area contributed by atoms with Crippen molar-refractivity contribution in [3.63, 3.8) is 0 Å². The van der Waals surface area contributed by atoms with Gasteiger partial charge in [0.1, 0.15) is 10.6 Å². The monoisotopic (exact) mass is 344 g/mol. The summed E-state index contributed by atoms with van der Waals surface area (Å²) in [6, 6.07) is 15.4. The van der Waals surface area contributed by atoms with Gasteiger partial charge in [-0.3, -0.25) is 0 Å². The number of ether oxygens (including phenoxy) is 1. The lowest BCUT2D eigenvalue weighted by atomic mass is 9.98. The molecule has 0 bridgehead atoms. The average Bonchev–Trinajstić information content (AvgIpc) is 2.92. The topological polar surface area (TPSA) is 26.3 Å². The minimum atomic E-state index is -0.396. The van der Waals surface area contributed by atoms with Gasteiger partial charge in [-0.15, -0.1) is 11.3 Å². The molecular formula is C19H17ClO2S. The molecule has 0 aliphatic carbocycles. The molecule has 4 heteroatoms. The van der Waals surface area contributed by atoms with Crippen LogP contribution in [0.15, 0.2) is 48.5 Å². The molecule has 1 heterocycles. The lowest BCUT2D eigenvalue weighted by molar-refractivity contribution is 0.0738. The van der Waals surface area contributed by atoms with Gasteiger partial charge in [-0.05, 0) is 30.0 Å². The quantitative estimate of drug-likeness (QED) is 0.411. The van der Waals surface area contributed by atoms with E-state index in [0.717, 1.165) is 22.1 Å². The number of halogens is 1. The lowest BCUT2D eigenvalue weighted by Gasteiger charge is -2.14. The third-order valence-electron chi connectivity index (χ3n) is 3.99. The first-order valence-corrected chi connectivity index (χ1v) is 8.79. The first-order chi connectivity index (χ1) is 11.1. The first kappa shape index (κ1) is 16.0. The summed E-state index contributed by atoms with van der Waals surface area (Å²) in [6.45, 7) is 4.24. The van der Waals surface area contributed by atoms with E-state index in [-0.39, 0.29) is 0 Å². The van der Waals surface area contributed by atoms with Gasteiger partial charge in [0.25, 0.3) is 0 Å². The number of thiophene rings is 1. The summed E-state index contributed by atoms with van der Waals surface area (Å²) in [5.41, 5.74) is 1.04. The SMILES string of the molecule is CCC(C)c1ccccc1OC(=O)c1sc2ccccc2c1Cl. The highest BCUT2D eigenvalue weighted by molar-refractivity contribution is 7.21. The molecule has 0 spiro atoms. The van der Waals surface area contributed by atoms with Gasteiger partial charge in [0.15, 0.2) is 0 Å². The second kappa shape index (κ2) is 6.73. The lowest BCUT2D eigenvalue weighted by Crippen LogP contribution is -2.09. The van der Waals surface area contributed by atoms with Gasteiger partial charge >= 0.3 is 5.97 Å². The average molecular weight is 345 g/mol. The Hall–Kier alpha value is -1.84. The first-order valence-electron chi connectivity index (χ1n) is 7.60. The number of rotatable bonds is 4. The van der Waals surface area contributed by atoms with Gasteiger partial charge in [0, 0.05) is 10.1 Å². The maximum atomic E-state index is 12.6. The summed E-state index contributed by atoms with van der Waals surface area (Å²) in [7, 11) is 0. The van der Waals surface area contributed by atoms with Crippen LogP contribution in [0.2, 0.25) is 5.02 Å². The zero-order valence-electron chi connectivity index (χ0n) is 13.0. The van der Waals surface area contributed by atoms with E-state index in [1.807, 2.05) is 48.5 Å². The predicted octanol–water partition coefficient (Wildman–Crippen LogP) is 6.29. The van der Waals surface area contributed by atoms with E-state index in [9.17, 15) is 4.79 Å². The zero-order chi connectivity index (χ0) is 16.4. The van der Waals surface area contributed by atoms with Gasteiger partial charge in [-0.25, -0.2) is 4.79 Å². The molecule has 23 heavy (non-hydrogen) atoms. The van der Waals surface area contributed by atoms with Crippen molar-refractivity contribution in [2.24, 2.45) is 0 Å². The minimum Gasteiger partial charge on any atom is -0.422 e. The number of esters is 1. The molecule has 1 aromatic heterocycles. The van der Waals surface area contributed by atoms with E-state index in [2.05, 4.69) is 13.8 Å². The molecule has 0 N–H and O–H groups in total. The van der Waals surface area contributed by atoms with Crippen LogP contribution in [-0.2, 0) is 0 Å². The molecule has 3 rings (SSSR count). The fraction of sp³-hybridized carbons (Fsp3) is 0.211. The number of carbonyl (C=O) groups is 1. The molecule has 0 saturated heterocycles. The van der Waals surface area contributed by atoms with Crippen molar-refractivity contribution in [2.45, 2.75) is 26.2 Å². The number of hydrogen-bond donors (Lipinski definition) is 0. The Balaban J connectivity index is 1.94. The van der Waals surface area contributed by atoms with Crippen LogP contribution in [0.4, 0.5) is 0 Å². The summed E-state index contributed by atoms with van der Waals surface area (Å²) < 4.78 is 6.64. The Bertz CT molecular complexity index is 853. The predicted molar refractivity (Wildman–Crippen MR) is 96.9 cm³/mol. The molecule has 0 amide bonds. The summed E-state index contributed by atoms with van der Waals surface area (Å²) >= 11 is 7.72. The van der Waals surface area contributed by atoms with Crippen molar-refractivity contribution in [3.05, 3.63) is 64.0 Å². The maximum absolute atomic E-state index is 12.6. The summed E-state index contributed by atoms with van der Waals surface area (Å²) in [6.07, 6.45) is 0.984. The third kappa shape index (κ3) is 3.12. The van der Waals surface area contributed by atoms with E-state index >= 15 is 0 Å². The van der Waals surface area contributed by atoms with Crippen LogP contribution in [0.3, 0.4) is 0 Å². The van der Waals surface area contributed by atoms with E-state index in [1.165, 1.54) is 11.3 Å². The van der Waals surface area contributed by atoms with E-state index < -0.39 is 5.97 Å². The molecule has 2 nitrogen and oxygen atoms in total. The number of hydrogen-bond acceptors (Lipinski definition) is 3. The van der Waals surface area contributed by atoms with Gasteiger partial charge in [-0.2, -0.15) is 0 Å². The van der Waals surface area contributed by atoms with Crippen molar-refractivity contribution in [2.75, 3.05) is 0 Å². The molecule has 118 valence electrons. The van der Waals surface area contributed by atoms with Crippen molar-refractivity contribution in [1.82, 2.24) is 0 Å². The third-order valence-corrected chi connectivity index (χ3v) is 5.64. The van der Waals surface area contributed by atoms with Crippen molar-refractivity contribution in [1.29, 1.82) is 0 Å². The molecule has 3 aromatic rings. The molecule has 1 atom stereocenters. The molecule has 0 saturated carbocycles. The molecule has 1 unspecified atom stereocenters. The molecule has 2 aromatic carbocycles. The number of para-hydroxylation sites is 1. The van der Waals surface area contributed by atoms with Crippen LogP contribution in [0.25, 0.3) is 10.1 Å². The van der Waals surface area contributed by atoms with Gasteiger partial charge in [-0.1, -0.05) is 61.8 Å². The van der Waals surface area contributed by atoms with Crippen LogP contribution < -0.4 is 4.74 Å². The summed E-state index contributed by atoms with van der Waals surface area (Å²) in [5, 5.41) is 1.36. The smallest absolute Gasteiger partial charge is 0.355 e. The highest BCUT2D eigenvalue weighted by Crippen LogP contribution is 2.36. The molecule has 0 aliphatic heterocycles. The van der Waals surface area contributed by atoms with E-state index in [4.69, 9.17) is 16.3 Å². The fourth-order valence-corrected chi connectivity index (χ4v) is 3.88. The van der Waals surface area contributed by atoms with Crippen molar-refractivity contribution in [3.8, 4) is 5.75 Å². The Labute approximate surface area is 144 Å². The second-order valence-electron chi connectivity index (χ2n) is 5.48. The Kier molecular flexibility index (Phi) is 4.69. The normalized spacial score (nSPS) is 12.3. The molecule has 0 aliphatic rings.